The van der Waals surface area contributed by atoms with Gasteiger partial charge in [0.1, 0.15) is 5.82 Å². The van der Waals surface area contributed by atoms with Crippen molar-refractivity contribution in [3.8, 4) is 0 Å². The average Bonchev–Trinajstić information content (AvgIpc) is 2.41. The third kappa shape index (κ3) is 3.79. The molecular weight excluding hydrogens is 263 g/mol. The Bertz CT molecular complexity index is 449. The molecule has 0 aromatic heterocycles. The van der Waals surface area contributed by atoms with Crippen molar-refractivity contribution in [3.05, 3.63) is 35.6 Å². The van der Waals surface area contributed by atoms with E-state index < -0.39 is 17.4 Å². The van der Waals surface area contributed by atoms with E-state index in [1.807, 2.05) is 0 Å². The smallest absolute Gasteiger partial charge is 0.323 e. The van der Waals surface area contributed by atoms with Gasteiger partial charge in [-0.05, 0) is 44.9 Å². The summed E-state index contributed by atoms with van der Waals surface area (Å²) < 4.78 is 22.8. The minimum absolute atomic E-state index is 0.102. The highest BCUT2D eigenvalue weighted by Gasteiger charge is 2.44. The number of halogens is 1. The number of carbonyl (C=O) groups is 2. The van der Waals surface area contributed by atoms with Crippen molar-refractivity contribution >= 4 is 11.9 Å². The van der Waals surface area contributed by atoms with Gasteiger partial charge in [0.05, 0.1) is 13.2 Å². The van der Waals surface area contributed by atoms with E-state index >= 15 is 0 Å². The molecule has 0 fully saturated rings. The van der Waals surface area contributed by atoms with Gasteiger partial charge in [0, 0.05) is 0 Å². The van der Waals surface area contributed by atoms with Gasteiger partial charge in [0.2, 0.25) is 0 Å². The average molecular weight is 282 g/mol. The molecule has 0 N–H and O–H groups in total. The SMILES string of the molecule is CCOC(=O)C(C)(Cc1ccc(F)cc1)C(=O)OCC. The molecule has 0 spiro atoms. The summed E-state index contributed by atoms with van der Waals surface area (Å²) in [7, 11) is 0. The van der Waals surface area contributed by atoms with E-state index in [4.69, 9.17) is 9.47 Å². The monoisotopic (exact) mass is 282 g/mol. The van der Waals surface area contributed by atoms with Gasteiger partial charge in [0.25, 0.3) is 0 Å². The molecule has 5 heteroatoms. The highest BCUT2D eigenvalue weighted by atomic mass is 19.1. The van der Waals surface area contributed by atoms with Crippen molar-refractivity contribution in [2.24, 2.45) is 5.41 Å². The molecule has 1 aromatic rings. The number of carbonyl (C=O) groups excluding carboxylic acids is 2. The number of rotatable bonds is 6. The molecule has 0 amide bonds. The molecule has 1 aromatic carbocycles. The van der Waals surface area contributed by atoms with Gasteiger partial charge < -0.3 is 9.47 Å². The van der Waals surface area contributed by atoms with Crippen LogP contribution in [0.5, 0.6) is 0 Å². The van der Waals surface area contributed by atoms with Crippen molar-refractivity contribution in [1.82, 2.24) is 0 Å². The van der Waals surface area contributed by atoms with Crippen molar-refractivity contribution in [2.75, 3.05) is 13.2 Å². The van der Waals surface area contributed by atoms with Crippen LogP contribution in [0.4, 0.5) is 4.39 Å². The Morgan fingerprint density at radius 2 is 1.50 bits per heavy atom. The fourth-order valence-electron chi connectivity index (χ4n) is 1.82. The van der Waals surface area contributed by atoms with Gasteiger partial charge in [0.15, 0.2) is 5.41 Å². The quantitative estimate of drug-likeness (QED) is 0.594. The van der Waals surface area contributed by atoms with Gasteiger partial charge in [-0.1, -0.05) is 12.1 Å². The molecule has 0 aliphatic rings. The summed E-state index contributed by atoms with van der Waals surface area (Å²) in [6, 6.07) is 5.64. The molecule has 0 heterocycles. The lowest BCUT2D eigenvalue weighted by atomic mass is 9.83. The van der Waals surface area contributed by atoms with Gasteiger partial charge in [-0.3, -0.25) is 9.59 Å². The molecular formula is C15H19FO4. The number of esters is 2. The lowest BCUT2D eigenvalue weighted by molar-refractivity contribution is -0.170. The Morgan fingerprint density at radius 1 is 1.05 bits per heavy atom. The van der Waals surface area contributed by atoms with Gasteiger partial charge >= 0.3 is 11.9 Å². The van der Waals surface area contributed by atoms with Crippen molar-refractivity contribution in [3.63, 3.8) is 0 Å². The van der Waals surface area contributed by atoms with Crippen LogP contribution >= 0.6 is 0 Å². The summed E-state index contributed by atoms with van der Waals surface area (Å²) in [5, 5.41) is 0. The molecule has 0 unspecified atom stereocenters. The fourth-order valence-corrected chi connectivity index (χ4v) is 1.82. The zero-order valence-electron chi connectivity index (χ0n) is 11.9. The summed E-state index contributed by atoms with van der Waals surface area (Å²) in [6.45, 7) is 5.17. The molecule has 0 radical (unpaired) electrons. The zero-order valence-corrected chi connectivity index (χ0v) is 11.9. The first kappa shape index (κ1) is 16.1. The minimum Gasteiger partial charge on any atom is -0.465 e. The van der Waals surface area contributed by atoms with E-state index in [0.29, 0.717) is 5.56 Å². The molecule has 0 saturated heterocycles. The summed E-state index contributed by atoms with van der Waals surface area (Å²) in [5.41, 5.74) is -0.765. The molecule has 0 aliphatic carbocycles. The third-order valence-electron chi connectivity index (χ3n) is 2.92. The summed E-state index contributed by atoms with van der Waals surface area (Å²) >= 11 is 0. The first-order valence-electron chi connectivity index (χ1n) is 6.53. The standard InChI is InChI=1S/C15H19FO4/c1-4-19-13(17)15(3,14(18)20-5-2)10-11-6-8-12(16)9-7-11/h6-9H,4-5,10H2,1-3H3. The predicted molar refractivity (Wildman–Crippen MR) is 71.5 cm³/mol. The maximum absolute atomic E-state index is 12.9. The van der Waals surface area contributed by atoms with Crippen LogP contribution in [0.1, 0.15) is 26.3 Å². The van der Waals surface area contributed by atoms with Crippen LogP contribution in [0.3, 0.4) is 0 Å². The maximum Gasteiger partial charge on any atom is 0.323 e. The fraction of sp³-hybridized carbons (Fsp3) is 0.467. The number of hydrogen-bond acceptors (Lipinski definition) is 4. The summed E-state index contributed by atoms with van der Waals surface area (Å²) in [4.78, 5) is 24.1. The van der Waals surface area contributed by atoms with Crippen LogP contribution in [0.25, 0.3) is 0 Å². The van der Waals surface area contributed by atoms with Crippen molar-refractivity contribution < 1.29 is 23.5 Å². The molecule has 0 aliphatic heterocycles. The minimum atomic E-state index is -1.43. The van der Waals surface area contributed by atoms with E-state index in [1.54, 1.807) is 13.8 Å². The van der Waals surface area contributed by atoms with Crippen molar-refractivity contribution in [2.45, 2.75) is 27.2 Å². The topological polar surface area (TPSA) is 52.6 Å². The van der Waals surface area contributed by atoms with Gasteiger partial charge in [-0.2, -0.15) is 0 Å². The Hall–Kier alpha value is -1.91. The van der Waals surface area contributed by atoms with Gasteiger partial charge in [-0.25, -0.2) is 4.39 Å². The number of hydrogen-bond donors (Lipinski definition) is 0. The largest absolute Gasteiger partial charge is 0.465 e. The van der Waals surface area contributed by atoms with Crippen LogP contribution in [0, 0.1) is 11.2 Å². The molecule has 110 valence electrons. The number of ether oxygens (including phenoxy) is 2. The molecule has 0 saturated carbocycles. The van der Waals surface area contributed by atoms with Crippen LogP contribution < -0.4 is 0 Å². The lowest BCUT2D eigenvalue weighted by Gasteiger charge is -2.25. The highest BCUT2D eigenvalue weighted by molar-refractivity contribution is 5.99. The zero-order chi connectivity index (χ0) is 15.2. The Balaban J connectivity index is 3.00. The van der Waals surface area contributed by atoms with Crippen LogP contribution in [-0.4, -0.2) is 25.2 Å². The summed E-state index contributed by atoms with van der Waals surface area (Å²) in [6.07, 6.45) is 0.102. The highest BCUT2D eigenvalue weighted by Crippen LogP contribution is 2.26. The Kier molecular flexibility index (Phi) is 5.67. The van der Waals surface area contributed by atoms with E-state index in [9.17, 15) is 14.0 Å². The first-order chi connectivity index (χ1) is 9.43. The van der Waals surface area contributed by atoms with E-state index in [2.05, 4.69) is 0 Å². The van der Waals surface area contributed by atoms with E-state index in [0.717, 1.165) is 0 Å². The Labute approximate surface area is 117 Å². The predicted octanol–water partition coefficient (Wildman–Crippen LogP) is 2.50. The molecule has 20 heavy (non-hydrogen) atoms. The second-order valence-electron chi connectivity index (χ2n) is 4.58. The molecule has 4 nitrogen and oxygen atoms in total. The van der Waals surface area contributed by atoms with Crippen LogP contribution in [-0.2, 0) is 25.5 Å². The second-order valence-corrected chi connectivity index (χ2v) is 4.58. The maximum atomic E-state index is 12.9. The second kappa shape index (κ2) is 7.03. The van der Waals surface area contributed by atoms with Crippen molar-refractivity contribution in [1.29, 1.82) is 0 Å². The molecule has 0 atom stereocenters. The van der Waals surface area contributed by atoms with E-state index in [1.165, 1.54) is 31.2 Å². The number of benzene rings is 1. The summed E-state index contributed by atoms with van der Waals surface area (Å²) in [5.74, 6) is -1.65. The Morgan fingerprint density at radius 3 is 1.90 bits per heavy atom. The van der Waals surface area contributed by atoms with Crippen LogP contribution in [0.15, 0.2) is 24.3 Å². The first-order valence-corrected chi connectivity index (χ1v) is 6.53. The van der Waals surface area contributed by atoms with Gasteiger partial charge in [-0.15, -0.1) is 0 Å². The molecule has 1 rings (SSSR count). The molecule has 0 bridgehead atoms. The third-order valence-corrected chi connectivity index (χ3v) is 2.92. The van der Waals surface area contributed by atoms with E-state index in [-0.39, 0.29) is 25.5 Å². The lowest BCUT2D eigenvalue weighted by Crippen LogP contribution is -2.41. The normalized spacial score (nSPS) is 11.0. The van der Waals surface area contributed by atoms with Crippen LogP contribution in [0.2, 0.25) is 0 Å².